The fourth-order valence-corrected chi connectivity index (χ4v) is 1.15. The van der Waals surface area contributed by atoms with Crippen molar-refractivity contribution in [2.45, 2.75) is 52.1 Å². The molecule has 4 nitrogen and oxygen atoms in total. The molecule has 0 fully saturated rings. The predicted octanol–water partition coefficient (Wildman–Crippen LogP) is 0.960. The maximum absolute atomic E-state index is 11.6. The van der Waals surface area contributed by atoms with Crippen molar-refractivity contribution in [2.75, 3.05) is 20.1 Å². The molecule has 0 saturated carbocycles. The van der Waals surface area contributed by atoms with Gasteiger partial charge < -0.3 is 16.0 Å². The van der Waals surface area contributed by atoms with E-state index in [-0.39, 0.29) is 5.91 Å². The van der Waals surface area contributed by atoms with E-state index in [1.54, 1.807) is 6.92 Å². The number of hydrogen-bond donors (Lipinski definition) is 2. The van der Waals surface area contributed by atoms with Gasteiger partial charge in [0.25, 0.3) is 0 Å². The van der Waals surface area contributed by atoms with Gasteiger partial charge >= 0.3 is 0 Å². The number of nitrogens with zero attached hydrogens (tertiary/aromatic N) is 1. The lowest BCUT2D eigenvalue weighted by Crippen LogP contribution is -2.51. The first-order valence-corrected chi connectivity index (χ1v) is 6.08. The van der Waals surface area contributed by atoms with Crippen molar-refractivity contribution < 1.29 is 4.79 Å². The van der Waals surface area contributed by atoms with Crippen LogP contribution in [0.5, 0.6) is 0 Å². The van der Waals surface area contributed by atoms with Crippen LogP contribution in [0.4, 0.5) is 0 Å². The minimum absolute atomic E-state index is 0.0535. The van der Waals surface area contributed by atoms with Crippen LogP contribution in [0.15, 0.2) is 0 Å². The summed E-state index contributed by atoms with van der Waals surface area (Å²) in [7, 11) is 2.09. The van der Waals surface area contributed by atoms with Crippen LogP contribution in [0.3, 0.4) is 0 Å². The average molecular weight is 229 g/mol. The second-order valence-electron chi connectivity index (χ2n) is 4.95. The first-order chi connectivity index (χ1) is 7.31. The number of amides is 1. The van der Waals surface area contributed by atoms with Gasteiger partial charge in [0.2, 0.25) is 5.91 Å². The second-order valence-corrected chi connectivity index (χ2v) is 4.95. The Hall–Kier alpha value is -0.610. The second kappa shape index (κ2) is 6.86. The van der Waals surface area contributed by atoms with E-state index >= 15 is 0 Å². The van der Waals surface area contributed by atoms with E-state index in [0.29, 0.717) is 19.0 Å². The lowest BCUT2D eigenvalue weighted by Gasteiger charge is -2.23. The molecule has 0 aromatic carbocycles. The molecule has 0 aliphatic carbocycles. The number of rotatable bonds is 7. The summed E-state index contributed by atoms with van der Waals surface area (Å²) < 4.78 is 0. The van der Waals surface area contributed by atoms with Gasteiger partial charge in [-0.15, -0.1) is 0 Å². The minimum Gasteiger partial charge on any atom is -0.354 e. The zero-order chi connectivity index (χ0) is 12.8. The highest BCUT2D eigenvalue weighted by Crippen LogP contribution is 2.04. The van der Waals surface area contributed by atoms with E-state index in [4.69, 9.17) is 5.73 Å². The third kappa shape index (κ3) is 5.47. The molecule has 1 atom stereocenters. The van der Waals surface area contributed by atoms with Crippen molar-refractivity contribution in [2.24, 2.45) is 5.73 Å². The Kier molecular flexibility index (Phi) is 6.60. The van der Waals surface area contributed by atoms with Crippen molar-refractivity contribution in [1.29, 1.82) is 0 Å². The van der Waals surface area contributed by atoms with Gasteiger partial charge in [0.15, 0.2) is 0 Å². The van der Waals surface area contributed by atoms with Gasteiger partial charge in [-0.05, 0) is 47.2 Å². The van der Waals surface area contributed by atoms with Crippen molar-refractivity contribution in [3.05, 3.63) is 0 Å². The molecular formula is C12H27N3O. The van der Waals surface area contributed by atoms with Gasteiger partial charge in [-0.1, -0.05) is 6.92 Å². The Morgan fingerprint density at radius 3 is 2.50 bits per heavy atom. The lowest BCUT2D eigenvalue weighted by atomic mass is 10.00. The standard InChI is InChI=1S/C12H27N3O/c1-6-12(4,13)11(16)14-8-7-9-15(5)10(2)3/h10H,6-9,13H2,1-5H3,(H,14,16). The predicted molar refractivity (Wildman–Crippen MR) is 68.3 cm³/mol. The number of nitrogens with one attached hydrogen (secondary N) is 1. The Bertz CT molecular complexity index is 214. The highest BCUT2D eigenvalue weighted by Gasteiger charge is 2.25. The van der Waals surface area contributed by atoms with E-state index in [1.165, 1.54) is 0 Å². The molecule has 0 aliphatic rings. The zero-order valence-electron chi connectivity index (χ0n) is 11.3. The summed E-state index contributed by atoms with van der Waals surface area (Å²) in [5, 5.41) is 2.88. The fourth-order valence-electron chi connectivity index (χ4n) is 1.15. The number of carbonyl (C=O) groups excluding carboxylic acids is 1. The van der Waals surface area contributed by atoms with Gasteiger partial charge in [-0.25, -0.2) is 0 Å². The molecule has 0 aromatic heterocycles. The molecule has 0 aromatic rings. The van der Waals surface area contributed by atoms with Gasteiger partial charge in [0.05, 0.1) is 5.54 Å². The van der Waals surface area contributed by atoms with E-state index in [2.05, 4.69) is 31.1 Å². The van der Waals surface area contributed by atoms with Crippen LogP contribution in [0.2, 0.25) is 0 Å². The first-order valence-electron chi connectivity index (χ1n) is 6.08. The molecule has 1 amide bonds. The Morgan fingerprint density at radius 2 is 2.06 bits per heavy atom. The van der Waals surface area contributed by atoms with Crippen LogP contribution >= 0.6 is 0 Å². The molecule has 4 heteroatoms. The average Bonchev–Trinajstić information content (AvgIpc) is 2.23. The fraction of sp³-hybridized carbons (Fsp3) is 0.917. The van der Waals surface area contributed by atoms with E-state index in [1.807, 2.05) is 6.92 Å². The smallest absolute Gasteiger partial charge is 0.239 e. The van der Waals surface area contributed by atoms with Crippen LogP contribution in [0.25, 0.3) is 0 Å². The zero-order valence-corrected chi connectivity index (χ0v) is 11.3. The Balaban J connectivity index is 3.72. The van der Waals surface area contributed by atoms with E-state index in [0.717, 1.165) is 13.0 Å². The van der Waals surface area contributed by atoms with Crippen molar-refractivity contribution in [1.82, 2.24) is 10.2 Å². The molecule has 0 bridgehead atoms. The third-order valence-electron chi connectivity index (χ3n) is 3.11. The maximum atomic E-state index is 11.6. The number of hydrogen-bond acceptors (Lipinski definition) is 3. The van der Waals surface area contributed by atoms with Crippen molar-refractivity contribution >= 4 is 5.91 Å². The van der Waals surface area contributed by atoms with Gasteiger partial charge in [0.1, 0.15) is 0 Å². The van der Waals surface area contributed by atoms with Crippen LogP contribution in [-0.4, -0.2) is 42.5 Å². The summed E-state index contributed by atoms with van der Waals surface area (Å²) in [5.74, 6) is -0.0535. The third-order valence-corrected chi connectivity index (χ3v) is 3.11. The summed E-state index contributed by atoms with van der Waals surface area (Å²) in [5.41, 5.74) is 5.10. The largest absolute Gasteiger partial charge is 0.354 e. The maximum Gasteiger partial charge on any atom is 0.239 e. The number of nitrogens with two attached hydrogens (primary N) is 1. The van der Waals surface area contributed by atoms with Gasteiger partial charge in [0, 0.05) is 12.6 Å². The van der Waals surface area contributed by atoms with Crippen LogP contribution < -0.4 is 11.1 Å². The highest BCUT2D eigenvalue weighted by molar-refractivity contribution is 5.85. The highest BCUT2D eigenvalue weighted by atomic mass is 16.2. The molecule has 0 saturated heterocycles. The lowest BCUT2D eigenvalue weighted by molar-refractivity contribution is -0.125. The van der Waals surface area contributed by atoms with Gasteiger partial charge in [-0.2, -0.15) is 0 Å². The normalized spacial score (nSPS) is 15.2. The van der Waals surface area contributed by atoms with Crippen molar-refractivity contribution in [3.8, 4) is 0 Å². The minimum atomic E-state index is -0.732. The molecule has 0 heterocycles. The summed E-state index contributed by atoms with van der Waals surface area (Å²) in [4.78, 5) is 13.9. The first kappa shape index (κ1) is 15.4. The number of carbonyl (C=O) groups is 1. The summed E-state index contributed by atoms with van der Waals surface area (Å²) >= 11 is 0. The quantitative estimate of drug-likeness (QED) is 0.639. The Labute approximate surface area is 99.6 Å². The topological polar surface area (TPSA) is 58.4 Å². The Morgan fingerprint density at radius 1 is 1.50 bits per heavy atom. The molecule has 1 unspecified atom stereocenters. The molecule has 0 radical (unpaired) electrons. The summed E-state index contributed by atoms with van der Waals surface area (Å²) in [6, 6.07) is 0.547. The van der Waals surface area contributed by atoms with E-state index in [9.17, 15) is 4.79 Å². The molecule has 0 aliphatic heterocycles. The SMILES string of the molecule is CCC(C)(N)C(=O)NCCCN(C)C(C)C. The molecular weight excluding hydrogens is 202 g/mol. The van der Waals surface area contributed by atoms with Crippen molar-refractivity contribution in [3.63, 3.8) is 0 Å². The molecule has 3 N–H and O–H groups in total. The summed E-state index contributed by atoms with van der Waals surface area (Å²) in [6.45, 7) is 9.70. The molecule has 0 spiro atoms. The van der Waals surface area contributed by atoms with Gasteiger partial charge in [-0.3, -0.25) is 4.79 Å². The molecule has 16 heavy (non-hydrogen) atoms. The summed E-state index contributed by atoms with van der Waals surface area (Å²) in [6.07, 6.45) is 1.62. The van der Waals surface area contributed by atoms with Crippen LogP contribution in [0.1, 0.15) is 40.5 Å². The molecule has 96 valence electrons. The van der Waals surface area contributed by atoms with E-state index < -0.39 is 5.54 Å². The van der Waals surface area contributed by atoms with Crippen LogP contribution in [0, 0.1) is 0 Å². The molecule has 0 rings (SSSR count). The van der Waals surface area contributed by atoms with Crippen LogP contribution in [-0.2, 0) is 4.79 Å². The monoisotopic (exact) mass is 229 g/mol.